The number of phosphoric acid groups is 1. The first kappa shape index (κ1) is 65.2. The molecule has 1 amide bonds. The van der Waals surface area contributed by atoms with Crippen molar-refractivity contribution in [2.24, 2.45) is 0 Å². The van der Waals surface area contributed by atoms with Gasteiger partial charge in [-0.3, -0.25) is 9.36 Å². The SMILES string of the molecule is CC/C=C\C/C=C\C/C=C\C/C=C\C/C=C\C/C=C\C/C=C\C/C=C\C/C=C\CCCCCCCCCCCCCCCC(=O)NC(COP(=O)([O-])OCC[N+](C)(C)C)C(O)CCCCCCC. The van der Waals surface area contributed by atoms with Crippen molar-refractivity contribution >= 4 is 13.7 Å². The van der Waals surface area contributed by atoms with Crippen LogP contribution in [0.25, 0.3) is 0 Å². The highest BCUT2D eigenvalue weighted by Crippen LogP contribution is 2.38. The van der Waals surface area contributed by atoms with Crippen molar-refractivity contribution < 1.29 is 32.9 Å². The van der Waals surface area contributed by atoms with Crippen LogP contribution in [0, 0.1) is 0 Å². The van der Waals surface area contributed by atoms with Gasteiger partial charge in [-0.1, -0.05) is 226 Å². The summed E-state index contributed by atoms with van der Waals surface area (Å²) < 4.78 is 23.1. The normalized spacial score (nSPS) is 14.9. The largest absolute Gasteiger partial charge is 0.756 e. The van der Waals surface area contributed by atoms with Gasteiger partial charge in [-0.15, -0.1) is 0 Å². The van der Waals surface area contributed by atoms with E-state index in [2.05, 4.69) is 129 Å². The molecule has 2 N–H and O–H groups in total. The summed E-state index contributed by atoms with van der Waals surface area (Å²) in [6.07, 6.45) is 71.8. The Hall–Kier alpha value is -2.84. The number of carbonyl (C=O) groups excluding carboxylic acids is 1. The van der Waals surface area contributed by atoms with Crippen LogP contribution in [0.5, 0.6) is 0 Å². The lowest BCUT2D eigenvalue weighted by atomic mass is 10.0. The Labute approximate surface area is 419 Å². The zero-order valence-corrected chi connectivity index (χ0v) is 45.2. The van der Waals surface area contributed by atoms with E-state index in [1.807, 2.05) is 21.1 Å². The molecule has 9 heteroatoms. The Balaban J connectivity index is 3.85. The van der Waals surface area contributed by atoms with Gasteiger partial charge in [0.25, 0.3) is 7.82 Å². The summed E-state index contributed by atoms with van der Waals surface area (Å²) in [5, 5.41) is 13.7. The number of rotatable bonds is 48. The standard InChI is InChI=1S/C59H103N2O6P/c1-6-8-10-12-13-14-15-16-17-18-19-20-21-22-23-24-25-26-27-28-29-30-31-32-33-34-35-36-37-38-39-40-41-42-43-44-45-46-47-49-51-53-59(63)60-57(58(62)52-50-48-11-9-7-2)56-67-68(64,65)66-55-54-61(3,4)5/h8,10,13-14,16-17,19-20,22-23,25-26,28-29,31-32,34-35,57-58,62H,6-7,9,11-12,15,18,21,24,27,30,33,36-56H2,1-5H3,(H-,60,63,64,65)/b10-8-,14-13-,17-16-,20-19-,23-22-,26-25-,29-28-,32-31-,35-34-. The minimum absolute atomic E-state index is 0.00716. The lowest BCUT2D eigenvalue weighted by Gasteiger charge is -2.30. The molecule has 68 heavy (non-hydrogen) atoms. The van der Waals surface area contributed by atoms with Gasteiger partial charge in [0.15, 0.2) is 0 Å². The van der Waals surface area contributed by atoms with E-state index in [1.54, 1.807) is 0 Å². The van der Waals surface area contributed by atoms with Crippen LogP contribution < -0.4 is 10.2 Å². The molecule has 8 nitrogen and oxygen atoms in total. The predicted molar refractivity (Wildman–Crippen MR) is 292 cm³/mol. The third kappa shape index (κ3) is 51.0. The lowest BCUT2D eigenvalue weighted by molar-refractivity contribution is -0.870. The molecule has 0 bridgehead atoms. The number of unbranched alkanes of at least 4 members (excludes halogenated alkanes) is 17. The monoisotopic (exact) mass is 967 g/mol. The van der Waals surface area contributed by atoms with Gasteiger partial charge >= 0.3 is 0 Å². The molecule has 0 saturated heterocycles. The number of phosphoric ester groups is 1. The maximum atomic E-state index is 12.8. The van der Waals surface area contributed by atoms with Gasteiger partial charge < -0.3 is 28.8 Å². The Kier molecular flexibility index (Phi) is 47.1. The van der Waals surface area contributed by atoms with E-state index in [-0.39, 0.29) is 19.1 Å². The molecule has 390 valence electrons. The third-order valence-electron chi connectivity index (χ3n) is 11.5. The zero-order chi connectivity index (χ0) is 49.9. The van der Waals surface area contributed by atoms with Gasteiger partial charge in [0.05, 0.1) is 39.9 Å². The third-order valence-corrected chi connectivity index (χ3v) is 12.5. The summed E-state index contributed by atoms with van der Waals surface area (Å²) >= 11 is 0. The average molecular weight is 967 g/mol. The maximum Gasteiger partial charge on any atom is 0.268 e. The molecule has 3 unspecified atom stereocenters. The number of hydrogen-bond donors (Lipinski definition) is 2. The van der Waals surface area contributed by atoms with Crippen molar-refractivity contribution in [2.75, 3.05) is 40.9 Å². The van der Waals surface area contributed by atoms with Crippen LogP contribution >= 0.6 is 7.82 Å². The molecule has 3 atom stereocenters. The summed E-state index contributed by atoms with van der Waals surface area (Å²) in [7, 11) is 1.29. The molecule has 0 saturated carbocycles. The topological polar surface area (TPSA) is 108 Å². The number of likely N-dealkylation sites (N-methyl/N-ethyl adjacent to an activating group) is 1. The molecule has 0 aliphatic carbocycles. The first-order valence-corrected chi connectivity index (χ1v) is 28.7. The summed E-state index contributed by atoms with van der Waals surface area (Å²) in [5.74, 6) is -0.178. The molecule has 0 spiro atoms. The van der Waals surface area contributed by atoms with Crippen LogP contribution in [-0.2, 0) is 18.4 Å². The van der Waals surface area contributed by atoms with Crippen LogP contribution in [0.1, 0.15) is 206 Å². The van der Waals surface area contributed by atoms with Gasteiger partial charge in [-0.25, -0.2) is 0 Å². The van der Waals surface area contributed by atoms with Crippen LogP contribution in [-0.4, -0.2) is 68.5 Å². The van der Waals surface area contributed by atoms with E-state index < -0.39 is 20.0 Å². The molecule has 0 aromatic rings. The number of amides is 1. The summed E-state index contributed by atoms with van der Waals surface area (Å²) in [4.78, 5) is 25.2. The van der Waals surface area contributed by atoms with Crippen molar-refractivity contribution in [3.05, 3.63) is 109 Å². The summed E-state index contributed by atoms with van der Waals surface area (Å²) in [5.41, 5.74) is 0. The zero-order valence-electron chi connectivity index (χ0n) is 44.3. The van der Waals surface area contributed by atoms with Crippen LogP contribution in [0.15, 0.2) is 109 Å². The second-order valence-electron chi connectivity index (χ2n) is 19.2. The van der Waals surface area contributed by atoms with Gasteiger partial charge in [0.1, 0.15) is 13.2 Å². The van der Waals surface area contributed by atoms with E-state index in [9.17, 15) is 19.4 Å². The number of allylic oxidation sites excluding steroid dienone is 18. The Morgan fingerprint density at radius 2 is 0.897 bits per heavy atom. The smallest absolute Gasteiger partial charge is 0.268 e. The lowest BCUT2D eigenvalue weighted by Crippen LogP contribution is -2.46. The number of nitrogens with zero attached hydrogens (tertiary/aromatic N) is 1. The summed E-state index contributed by atoms with van der Waals surface area (Å²) in [6.45, 7) is 4.49. The second-order valence-corrected chi connectivity index (χ2v) is 20.6. The van der Waals surface area contributed by atoms with Crippen LogP contribution in [0.4, 0.5) is 0 Å². The van der Waals surface area contributed by atoms with Crippen LogP contribution in [0.3, 0.4) is 0 Å². The predicted octanol–water partition coefficient (Wildman–Crippen LogP) is 15.8. The first-order chi connectivity index (χ1) is 33.0. The molecule has 0 aromatic heterocycles. The fourth-order valence-electron chi connectivity index (χ4n) is 7.27. The Morgan fingerprint density at radius 3 is 1.31 bits per heavy atom. The van der Waals surface area contributed by atoms with Crippen molar-refractivity contribution in [1.82, 2.24) is 5.32 Å². The molecular formula is C59H103N2O6P. The van der Waals surface area contributed by atoms with E-state index in [0.29, 0.717) is 23.9 Å². The molecule has 0 aliphatic rings. The van der Waals surface area contributed by atoms with E-state index >= 15 is 0 Å². The summed E-state index contributed by atoms with van der Waals surface area (Å²) in [6, 6.07) is -0.802. The average Bonchev–Trinajstić information content (AvgIpc) is 3.30. The van der Waals surface area contributed by atoms with Gasteiger partial charge in [0.2, 0.25) is 5.91 Å². The Bertz CT molecular complexity index is 1470. The second kappa shape index (κ2) is 49.2. The quantitative estimate of drug-likeness (QED) is 0.0272. The highest BCUT2D eigenvalue weighted by molar-refractivity contribution is 7.45. The van der Waals surface area contributed by atoms with Crippen molar-refractivity contribution in [2.45, 2.75) is 219 Å². The number of hydrogen-bond acceptors (Lipinski definition) is 6. The van der Waals surface area contributed by atoms with Gasteiger partial charge in [0, 0.05) is 6.42 Å². The van der Waals surface area contributed by atoms with Crippen molar-refractivity contribution in [3.63, 3.8) is 0 Å². The minimum atomic E-state index is -4.56. The van der Waals surface area contributed by atoms with E-state index in [4.69, 9.17) is 9.05 Å². The van der Waals surface area contributed by atoms with E-state index in [0.717, 1.165) is 109 Å². The maximum absolute atomic E-state index is 12.8. The molecule has 0 rings (SSSR count). The number of carbonyl (C=O) groups is 1. The molecule has 0 aromatic carbocycles. The first-order valence-electron chi connectivity index (χ1n) is 27.2. The fourth-order valence-corrected chi connectivity index (χ4v) is 7.99. The van der Waals surface area contributed by atoms with Gasteiger partial charge in [-0.2, -0.15) is 0 Å². The number of quaternary nitrogens is 1. The van der Waals surface area contributed by atoms with Gasteiger partial charge in [-0.05, 0) is 83.5 Å². The minimum Gasteiger partial charge on any atom is -0.756 e. The van der Waals surface area contributed by atoms with Crippen LogP contribution in [0.2, 0.25) is 0 Å². The fraction of sp³-hybridized carbons (Fsp3) is 0.678. The molecule has 0 fully saturated rings. The van der Waals surface area contributed by atoms with Crippen molar-refractivity contribution in [1.29, 1.82) is 0 Å². The molecular weight excluding hydrogens is 864 g/mol. The van der Waals surface area contributed by atoms with E-state index in [1.165, 1.54) is 70.6 Å². The number of aliphatic hydroxyl groups is 1. The number of aliphatic hydroxyl groups excluding tert-OH is 1. The highest BCUT2D eigenvalue weighted by atomic mass is 31.2. The number of nitrogens with one attached hydrogen (secondary N) is 1. The highest BCUT2D eigenvalue weighted by Gasteiger charge is 2.24. The molecule has 0 radical (unpaired) electrons. The molecule has 0 heterocycles. The Morgan fingerprint density at radius 1 is 0.529 bits per heavy atom. The van der Waals surface area contributed by atoms with Crippen molar-refractivity contribution in [3.8, 4) is 0 Å². The molecule has 0 aliphatic heterocycles.